The first-order chi connectivity index (χ1) is 9.82. The summed E-state index contributed by atoms with van der Waals surface area (Å²) in [5.74, 6) is -1.09. The van der Waals surface area contributed by atoms with Crippen LogP contribution in [-0.4, -0.2) is 28.4 Å². The molecule has 0 saturated heterocycles. The summed E-state index contributed by atoms with van der Waals surface area (Å²) in [6, 6.07) is 4.97. The SMILES string of the molecule is N#Cc1ccnc(NCC2(O)CCCC(C(F)(F)F)C2)c1. The summed E-state index contributed by atoms with van der Waals surface area (Å²) >= 11 is 0. The van der Waals surface area contributed by atoms with Gasteiger partial charge in [-0.25, -0.2) is 4.98 Å². The molecule has 0 spiro atoms. The Kier molecular flexibility index (Phi) is 4.37. The fraction of sp³-hybridized carbons (Fsp3) is 0.571. The molecular weight excluding hydrogens is 283 g/mol. The number of nitrogens with one attached hydrogen (secondary N) is 1. The minimum Gasteiger partial charge on any atom is -0.388 e. The average molecular weight is 299 g/mol. The summed E-state index contributed by atoms with van der Waals surface area (Å²) in [6.45, 7) is -0.0124. The monoisotopic (exact) mass is 299 g/mol. The molecule has 0 aliphatic heterocycles. The van der Waals surface area contributed by atoms with Gasteiger partial charge in [0.05, 0.1) is 23.2 Å². The Labute approximate surface area is 120 Å². The molecule has 1 aromatic rings. The molecule has 0 bridgehead atoms. The highest BCUT2D eigenvalue weighted by Gasteiger charge is 2.46. The van der Waals surface area contributed by atoms with E-state index in [9.17, 15) is 18.3 Å². The van der Waals surface area contributed by atoms with Crippen LogP contribution in [0.4, 0.5) is 19.0 Å². The van der Waals surface area contributed by atoms with Crippen molar-refractivity contribution in [2.45, 2.75) is 37.5 Å². The minimum atomic E-state index is -4.27. The van der Waals surface area contributed by atoms with Crippen molar-refractivity contribution in [1.82, 2.24) is 4.98 Å². The number of hydrogen-bond acceptors (Lipinski definition) is 4. The van der Waals surface area contributed by atoms with Crippen LogP contribution in [0.3, 0.4) is 0 Å². The molecule has 2 N–H and O–H groups in total. The Bertz CT molecular complexity index is 541. The van der Waals surface area contributed by atoms with Gasteiger partial charge in [-0.1, -0.05) is 0 Å². The quantitative estimate of drug-likeness (QED) is 0.900. The lowest BCUT2D eigenvalue weighted by atomic mass is 9.77. The lowest BCUT2D eigenvalue weighted by Gasteiger charge is -2.37. The average Bonchev–Trinajstić information content (AvgIpc) is 2.45. The van der Waals surface area contributed by atoms with Crippen LogP contribution in [-0.2, 0) is 0 Å². The van der Waals surface area contributed by atoms with Gasteiger partial charge in [-0.3, -0.25) is 0 Å². The molecule has 2 atom stereocenters. The zero-order valence-electron chi connectivity index (χ0n) is 11.3. The van der Waals surface area contributed by atoms with Gasteiger partial charge in [-0.05, 0) is 37.8 Å². The predicted molar refractivity (Wildman–Crippen MR) is 70.4 cm³/mol. The van der Waals surface area contributed by atoms with Gasteiger partial charge in [0.15, 0.2) is 0 Å². The summed E-state index contributed by atoms with van der Waals surface area (Å²) in [5, 5.41) is 21.9. The molecule has 7 heteroatoms. The highest BCUT2D eigenvalue weighted by Crippen LogP contribution is 2.41. The number of nitrogens with zero attached hydrogens (tertiary/aromatic N) is 2. The third-order valence-electron chi connectivity index (χ3n) is 3.77. The number of pyridine rings is 1. The van der Waals surface area contributed by atoms with Crippen LogP contribution in [0.2, 0.25) is 0 Å². The second-order valence-corrected chi connectivity index (χ2v) is 5.45. The van der Waals surface area contributed by atoms with Crippen LogP contribution < -0.4 is 5.32 Å². The summed E-state index contributed by atoms with van der Waals surface area (Å²) in [5.41, 5.74) is -1.00. The molecule has 1 aromatic heterocycles. The first kappa shape index (κ1) is 15.6. The van der Waals surface area contributed by atoms with E-state index in [0.29, 0.717) is 24.2 Å². The van der Waals surface area contributed by atoms with E-state index in [4.69, 9.17) is 5.26 Å². The Balaban J connectivity index is 1.99. The van der Waals surface area contributed by atoms with Gasteiger partial charge in [-0.15, -0.1) is 0 Å². The van der Waals surface area contributed by atoms with Crippen LogP contribution in [0.5, 0.6) is 0 Å². The summed E-state index contributed by atoms with van der Waals surface area (Å²) in [7, 11) is 0. The lowest BCUT2D eigenvalue weighted by Crippen LogP contribution is -2.45. The fourth-order valence-corrected chi connectivity index (χ4v) is 2.63. The van der Waals surface area contributed by atoms with Crippen LogP contribution >= 0.6 is 0 Å². The van der Waals surface area contributed by atoms with E-state index in [-0.39, 0.29) is 19.4 Å². The Hall–Kier alpha value is -1.81. The van der Waals surface area contributed by atoms with Crippen LogP contribution in [0.15, 0.2) is 18.3 Å². The molecule has 4 nitrogen and oxygen atoms in total. The van der Waals surface area contributed by atoms with Crippen LogP contribution in [0, 0.1) is 17.2 Å². The predicted octanol–water partition coefficient (Wildman–Crippen LogP) is 2.85. The number of nitriles is 1. The number of rotatable bonds is 3. The van der Waals surface area contributed by atoms with Gasteiger partial charge in [0.25, 0.3) is 0 Å². The van der Waals surface area contributed by atoms with Gasteiger partial charge < -0.3 is 10.4 Å². The Morgan fingerprint density at radius 2 is 2.29 bits per heavy atom. The van der Waals surface area contributed by atoms with Gasteiger partial charge >= 0.3 is 6.18 Å². The van der Waals surface area contributed by atoms with Gasteiger partial charge in [0.2, 0.25) is 0 Å². The summed E-state index contributed by atoms with van der Waals surface area (Å²) < 4.78 is 38.3. The van der Waals surface area contributed by atoms with Gasteiger partial charge in [0, 0.05) is 12.7 Å². The molecule has 1 aliphatic rings. The molecule has 1 saturated carbocycles. The largest absolute Gasteiger partial charge is 0.391 e. The molecule has 0 aromatic carbocycles. The van der Waals surface area contributed by atoms with Crippen molar-refractivity contribution in [3.05, 3.63) is 23.9 Å². The van der Waals surface area contributed by atoms with E-state index >= 15 is 0 Å². The van der Waals surface area contributed by atoms with E-state index in [1.165, 1.54) is 18.3 Å². The standard InChI is InChI=1S/C14H16F3N3O/c15-14(16,17)11-2-1-4-13(21,7-11)9-20-12-6-10(8-18)3-5-19-12/h3,5-6,11,21H,1-2,4,7,9H2,(H,19,20). The highest BCUT2D eigenvalue weighted by atomic mass is 19.4. The van der Waals surface area contributed by atoms with Crippen molar-refractivity contribution in [1.29, 1.82) is 5.26 Å². The third-order valence-corrected chi connectivity index (χ3v) is 3.77. The molecule has 1 heterocycles. The van der Waals surface area contributed by atoms with E-state index in [0.717, 1.165) is 0 Å². The van der Waals surface area contributed by atoms with E-state index < -0.39 is 17.7 Å². The molecule has 1 fully saturated rings. The van der Waals surface area contributed by atoms with Crippen LogP contribution in [0.1, 0.15) is 31.2 Å². The molecule has 2 rings (SSSR count). The number of anilines is 1. The number of alkyl halides is 3. The zero-order valence-corrected chi connectivity index (χ0v) is 11.3. The molecule has 0 radical (unpaired) electrons. The fourth-order valence-electron chi connectivity index (χ4n) is 2.63. The molecule has 1 aliphatic carbocycles. The summed E-state index contributed by atoms with van der Waals surface area (Å²) in [6.07, 6.45) is -2.41. The normalized spacial score (nSPS) is 26.1. The number of aromatic nitrogens is 1. The lowest BCUT2D eigenvalue weighted by molar-refractivity contribution is -0.199. The number of hydrogen-bond donors (Lipinski definition) is 2. The van der Waals surface area contributed by atoms with Crippen molar-refractivity contribution in [2.24, 2.45) is 5.92 Å². The second kappa shape index (κ2) is 5.90. The smallest absolute Gasteiger partial charge is 0.388 e. The zero-order chi connectivity index (χ0) is 15.5. The maximum atomic E-state index is 12.8. The van der Waals surface area contributed by atoms with Gasteiger partial charge in [-0.2, -0.15) is 18.4 Å². The van der Waals surface area contributed by atoms with Crippen molar-refractivity contribution >= 4 is 5.82 Å². The first-order valence-electron chi connectivity index (χ1n) is 6.71. The maximum absolute atomic E-state index is 12.8. The highest BCUT2D eigenvalue weighted by molar-refractivity contribution is 5.42. The minimum absolute atomic E-state index is 0.0124. The number of halogens is 3. The first-order valence-corrected chi connectivity index (χ1v) is 6.71. The third kappa shape index (κ3) is 4.08. The van der Waals surface area contributed by atoms with E-state index in [1.54, 1.807) is 0 Å². The summed E-state index contributed by atoms with van der Waals surface area (Å²) in [4.78, 5) is 3.98. The molecular formula is C14H16F3N3O. The molecule has 2 unspecified atom stereocenters. The molecule has 114 valence electrons. The van der Waals surface area contributed by atoms with Crippen molar-refractivity contribution in [3.63, 3.8) is 0 Å². The molecule has 21 heavy (non-hydrogen) atoms. The van der Waals surface area contributed by atoms with E-state index in [1.807, 2.05) is 6.07 Å². The maximum Gasteiger partial charge on any atom is 0.391 e. The van der Waals surface area contributed by atoms with Crippen molar-refractivity contribution < 1.29 is 18.3 Å². The molecule has 0 amide bonds. The topological polar surface area (TPSA) is 68.9 Å². The van der Waals surface area contributed by atoms with Crippen LogP contribution in [0.25, 0.3) is 0 Å². The Morgan fingerprint density at radius 1 is 1.52 bits per heavy atom. The van der Waals surface area contributed by atoms with Crippen molar-refractivity contribution in [2.75, 3.05) is 11.9 Å². The second-order valence-electron chi connectivity index (χ2n) is 5.45. The number of aliphatic hydroxyl groups is 1. The van der Waals surface area contributed by atoms with Gasteiger partial charge in [0.1, 0.15) is 5.82 Å². The Morgan fingerprint density at radius 3 is 2.95 bits per heavy atom. The van der Waals surface area contributed by atoms with E-state index in [2.05, 4.69) is 10.3 Å². The van der Waals surface area contributed by atoms with Crippen molar-refractivity contribution in [3.8, 4) is 6.07 Å².